The Morgan fingerprint density at radius 2 is 2.00 bits per heavy atom. The normalized spacial score (nSPS) is 13.5. The minimum Gasteiger partial charge on any atom is -0.409 e. The number of nitrogens with zero attached hydrogens (tertiary/aromatic N) is 2. The standard InChI is InChI=1S/C8H16F3N3O/c1-14(6-8(9,10)11)5-3-2-4-7(12)13-15/h15H,2-6H2,1H3,(H2,12,13). The molecule has 0 aliphatic carbocycles. The van der Waals surface area contributed by atoms with Crippen LogP contribution in [0.25, 0.3) is 0 Å². The lowest BCUT2D eigenvalue weighted by Crippen LogP contribution is -2.31. The Bertz CT molecular complexity index is 206. The van der Waals surface area contributed by atoms with Crippen LogP contribution in [0.2, 0.25) is 0 Å². The number of hydrogen-bond acceptors (Lipinski definition) is 3. The number of unbranched alkanes of at least 4 members (excludes halogenated alkanes) is 1. The van der Waals surface area contributed by atoms with Gasteiger partial charge in [0.2, 0.25) is 0 Å². The first-order valence-electron chi connectivity index (χ1n) is 4.57. The molecule has 0 amide bonds. The first-order valence-corrected chi connectivity index (χ1v) is 4.57. The highest BCUT2D eigenvalue weighted by atomic mass is 19.4. The molecule has 0 spiro atoms. The van der Waals surface area contributed by atoms with Gasteiger partial charge in [0.15, 0.2) is 0 Å². The van der Waals surface area contributed by atoms with Crippen LogP contribution in [0.1, 0.15) is 19.3 Å². The van der Waals surface area contributed by atoms with Crippen molar-refractivity contribution in [2.45, 2.75) is 25.4 Å². The number of alkyl halides is 3. The third-order valence-electron chi connectivity index (χ3n) is 1.80. The van der Waals surface area contributed by atoms with E-state index in [-0.39, 0.29) is 5.84 Å². The highest BCUT2D eigenvalue weighted by Crippen LogP contribution is 2.15. The van der Waals surface area contributed by atoms with Crippen LogP contribution in [-0.4, -0.2) is 42.3 Å². The lowest BCUT2D eigenvalue weighted by atomic mass is 10.2. The number of oxime groups is 1. The summed E-state index contributed by atoms with van der Waals surface area (Å²) in [5.74, 6) is 0.105. The Morgan fingerprint density at radius 1 is 1.40 bits per heavy atom. The highest BCUT2D eigenvalue weighted by molar-refractivity contribution is 5.79. The summed E-state index contributed by atoms with van der Waals surface area (Å²) < 4.78 is 35.7. The molecule has 0 bridgehead atoms. The van der Waals surface area contributed by atoms with E-state index < -0.39 is 12.7 Å². The van der Waals surface area contributed by atoms with Crippen LogP contribution >= 0.6 is 0 Å². The maximum atomic E-state index is 11.9. The average molecular weight is 227 g/mol. The molecule has 0 unspecified atom stereocenters. The lowest BCUT2D eigenvalue weighted by molar-refractivity contribution is -0.143. The van der Waals surface area contributed by atoms with Crippen LogP contribution < -0.4 is 5.73 Å². The Hall–Kier alpha value is -0.980. The number of rotatable bonds is 6. The summed E-state index contributed by atoms with van der Waals surface area (Å²) >= 11 is 0. The van der Waals surface area contributed by atoms with E-state index in [1.807, 2.05) is 0 Å². The van der Waals surface area contributed by atoms with Gasteiger partial charge in [-0.15, -0.1) is 0 Å². The zero-order valence-electron chi connectivity index (χ0n) is 8.59. The average Bonchev–Trinajstić information content (AvgIpc) is 2.09. The second kappa shape index (κ2) is 6.49. The third kappa shape index (κ3) is 9.33. The fraction of sp³-hybridized carbons (Fsp3) is 0.875. The van der Waals surface area contributed by atoms with Crippen molar-refractivity contribution in [1.29, 1.82) is 0 Å². The molecule has 0 heterocycles. The maximum absolute atomic E-state index is 11.9. The molecule has 0 aromatic heterocycles. The van der Waals surface area contributed by atoms with Gasteiger partial charge in [0.05, 0.1) is 6.54 Å². The molecule has 0 saturated heterocycles. The van der Waals surface area contributed by atoms with Gasteiger partial charge in [-0.05, 0) is 26.4 Å². The summed E-state index contributed by atoms with van der Waals surface area (Å²) in [6, 6.07) is 0. The molecule has 7 heteroatoms. The fourth-order valence-electron chi connectivity index (χ4n) is 1.12. The summed E-state index contributed by atoms with van der Waals surface area (Å²) in [5, 5.41) is 11.0. The van der Waals surface area contributed by atoms with Crippen molar-refractivity contribution in [2.24, 2.45) is 10.9 Å². The van der Waals surface area contributed by atoms with E-state index in [2.05, 4.69) is 5.16 Å². The lowest BCUT2D eigenvalue weighted by Gasteiger charge is -2.17. The predicted molar refractivity (Wildman–Crippen MR) is 50.8 cm³/mol. The van der Waals surface area contributed by atoms with Gasteiger partial charge in [0.25, 0.3) is 0 Å². The Morgan fingerprint density at radius 3 is 2.47 bits per heavy atom. The van der Waals surface area contributed by atoms with E-state index in [1.54, 1.807) is 0 Å². The van der Waals surface area contributed by atoms with Crippen molar-refractivity contribution in [3.63, 3.8) is 0 Å². The second-order valence-electron chi connectivity index (χ2n) is 3.40. The summed E-state index contributed by atoms with van der Waals surface area (Å²) in [5.41, 5.74) is 5.20. The van der Waals surface area contributed by atoms with Gasteiger partial charge in [-0.25, -0.2) is 0 Å². The molecule has 0 aliphatic rings. The first-order chi connectivity index (χ1) is 6.85. The fourth-order valence-corrected chi connectivity index (χ4v) is 1.12. The maximum Gasteiger partial charge on any atom is 0.401 e. The van der Waals surface area contributed by atoms with E-state index in [4.69, 9.17) is 10.9 Å². The summed E-state index contributed by atoms with van der Waals surface area (Å²) in [7, 11) is 1.41. The van der Waals surface area contributed by atoms with Crippen molar-refractivity contribution in [1.82, 2.24) is 4.90 Å². The zero-order valence-corrected chi connectivity index (χ0v) is 8.59. The van der Waals surface area contributed by atoms with Gasteiger partial charge in [0.1, 0.15) is 5.84 Å². The van der Waals surface area contributed by atoms with Crippen LogP contribution in [0, 0.1) is 0 Å². The van der Waals surface area contributed by atoms with E-state index >= 15 is 0 Å². The minimum absolute atomic E-state index is 0.105. The summed E-state index contributed by atoms with van der Waals surface area (Å²) in [6.45, 7) is -0.561. The molecule has 0 atom stereocenters. The molecule has 90 valence electrons. The smallest absolute Gasteiger partial charge is 0.401 e. The van der Waals surface area contributed by atoms with Crippen molar-refractivity contribution >= 4 is 5.84 Å². The van der Waals surface area contributed by atoms with E-state index in [0.29, 0.717) is 25.8 Å². The molecule has 4 nitrogen and oxygen atoms in total. The van der Waals surface area contributed by atoms with Crippen molar-refractivity contribution in [2.75, 3.05) is 20.1 Å². The van der Waals surface area contributed by atoms with Crippen LogP contribution in [0.15, 0.2) is 5.16 Å². The first kappa shape index (κ1) is 14.0. The van der Waals surface area contributed by atoms with Crippen molar-refractivity contribution in [3.8, 4) is 0 Å². The number of halogens is 3. The number of hydrogen-bond donors (Lipinski definition) is 2. The van der Waals surface area contributed by atoms with E-state index in [0.717, 1.165) is 0 Å². The van der Waals surface area contributed by atoms with Gasteiger partial charge in [-0.2, -0.15) is 13.2 Å². The third-order valence-corrected chi connectivity index (χ3v) is 1.80. The van der Waals surface area contributed by atoms with Crippen LogP contribution in [0.5, 0.6) is 0 Å². The van der Waals surface area contributed by atoms with Crippen molar-refractivity contribution in [3.05, 3.63) is 0 Å². The van der Waals surface area contributed by atoms with E-state index in [1.165, 1.54) is 11.9 Å². The SMILES string of the molecule is CN(CCCC/C(N)=N/O)CC(F)(F)F. The van der Waals surface area contributed by atoms with Gasteiger partial charge >= 0.3 is 6.18 Å². The van der Waals surface area contributed by atoms with Gasteiger partial charge in [-0.1, -0.05) is 5.16 Å². The Labute approximate surface area is 86.5 Å². The molecule has 0 rings (SSSR count). The molecule has 15 heavy (non-hydrogen) atoms. The van der Waals surface area contributed by atoms with Gasteiger partial charge in [-0.3, -0.25) is 4.90 Å². The van der Waals surface area contributed by atoms with Crippen LogP contribution in [0.4, 0.5) is 13.2 Å². The quantitative estimate of drug-likeness (QED) is 0.237. The minimum atomic E-state index is -4.15. The molecule has 0 radical (unpaired) electrons. The van der Waals surface area contributed by atoms with Crippen LogP contribution in [0.3, 0.4) is 0 Å². The number of amidine groups is 1. The molecular weight excluding hydrogens is 211 g/mol. The van der Waals surface area contributed by atoms with Gasteiger partial charge in [0, 0.05) is 6.42 Å². The molecule has 0 aromatic carbocycles. The molecule has 3 N–H and O–H groups in total. The number of nitrogens with two attached hydrogens (primary N) is 1. The molecular formula is C8H16F3N3O. The monoisotopic (exact) mass is 227 g/mol. The Kier molecular flexibility index (Phi) is 6.07. The molecule has 0 aromatic rings. The molecule has 0 saturated carbocycles. The molecule has 0 fully saturated rings. The topological polar surface area (TPSA) is 61.8 Å². The second-order valence-corrected chi connectivity index (χ2v) is 3.40. The largest absolute Gasteiger partial charge is 0.409 e. The van der Waals surface area contributed by atoms with Crippen LogP contribution in [-0.2, 0) is 0 Å². The predicted octanol–water partition coefficient (Wildman–Crippen LogP) is 1.40. The zero-order chi connectivity index (χ0) is 11.9. The van der Waals surface area contributed by atoms with E-state index in [9.17, 15) is 13.2 Å². The highest BCUT2D eigenvalue weighted by Gasteiger charge is 2.28. The van der Waals surface area contributed by atoms with Gasteiger partial charge < -0.3 is 10.9 Å². The van der Waals surface area contributed by atoms with Crippen molar-refractivity contribution < 1.29 is 18.4 Å². The summed E-state index contributed by atoms with van der Waals surface area (Å²) in [4.78, 5) is 1.20. The summed E-state index contributed by atoms with van der Waals surface area (Å²) in [6.07, 6.45) is -2.56. The Balaban J connectivity index is 3.52. The molecule has 0 aliphatic heterocycles.